The molecular formula is C18H22N2O3S. The minimum atomic E-state index is -3.71. The van der Waals surface area contributed by atoms with Gasteiger partial charge >= 0.3 is 0 Å². The van der Waals surface area contributed by atoms with E-state index in [0.29, 0.717) is 16.9 Å². The second kappa shape index (κ2) is 7.49. The van der Waals surface area contributed by atoms with E-state index in [2.05, 4.69) is 9.93 Å². The number of benzene rings is 2. The van der Waals surface area contributed by atoms with Crippen LogP contribution in [-0.4, -0.2) is 20.7 Å². The van der Waals surface area contributed by atoms with E-state index >= 15 is 0 Å². The number of nitrogens with zero attached hydrogens (tertiary/aromatic N) is 1. The number of para-hydroxylation sites is 1. The van der Waals surface area contributed by atoms with Crippen molar-refractivity contribution in [2.75, 3.05) is 0 Å². The summed E-state index contributed by atoms with van der Waals surface area (Å²) in [4.78, 5) is 2.49. The van der Waals surface area contributed by atoms with Gasteiger partial charge in [0.25, 0.3) is 10.0 Å². The Balaban J connectivity index is 2.21. The van der Waals surface area contributed by atoms with Crippen molar-refractivity contribution in [3.05, 3.63) is 59.2 Å². The van der Waals surface area contributed by atoms with Crippen LogP contribution in [0.3, 0.4) is 0 Å². The lowest BCUT2D eigenvalue weighted by Gasteiger charge is -2.12. The molecule has 0 saturated carbocycles. The lowest BCUT2D eigenvalue weighted by Crippen LogP contribution is -2.19. The van der Waals surface area contributed by atoms with Gasteiger partial charge in [-0.3, -0.25) is 0 Å². The van der Waals surface area contributed by atoms with Crippen LogP contribution in [0.4, 0.5) is 0 Å². The van der Waals surface area contributed by atoms with Gasteiger partial charge in [0.1, 0.15) is 5.75 Å². The SMILES string of the molecule is Cc1ccc(C)c(S(=O)(=O)N/N=C/c2ccccc2OC(C)C)c1. The Morgan fingerprint density at radius 2 is 1.83 bits per heavy atom. The fraction of sp³-hybridized carbons (Fsp3) is 0.278. The fourth-order valence-corrected chi connectivity index (χ4v) is 3.28. The minimum absolute atomic E-state index is 0.0196. The van der Waals surface area contributed by atoms with Gasteiger partial charge in [0.05, 0.1) is 17.2 Å². The zero-order valence-electron chi connectivity index (χ0n) is 14.3. The molecule has 2 aromatic rings. The number of hydrogen-bond acceptors (Lipinski definition) is 4. The van der Waals surface area contributed by atoms with E-state index in [1.54, 1.807) is 19.1 Å². The Hall–Kier alpha value is -2.34. The normalized spacial score (nSPS) is 11.9. The zero-order valence-corrected chi connectivity index (χ0v) is 15.1. The fourth-order valence-electron chi connectivity index (χ4n) is 2.16. The third kappa shape index (κ3) is 4.58. The van der Waals surface area contributed by atoms with Crippen molar-refractivity contribution >= 4 is 16.2 Å². The van der Waals surface area contributed by atoms with Gasteiger partial charge < -0.3 is 4.74 Å². The maximum Gasteiger partial charge on any atom is 0.276 e. The molecule has 0 atom stereocenters. The van der Waals surface area contributed by atoms with Crippen LogP contribution in [0, 0.1) is 13.8 Å². The smallest absolute Gasteiger partial charge is 0.276 e. The molecule has 0 aliphatic rings. The first kappa shape index (κ1) is 18.0. The quantitative estimate of drug-likeness (QED) is 0.644. The minimum Gasteiger partial charge on any atom is -0.490 e. The van der Waals surface area contributed by atoms with E-state index in [9.17, 15) is 8.42 Å². The van der Waals surface area contributed by atoms with Crippen LogP contribution in [0.15, 0.2) is 52.5 Å². The molecular weight excluding hydrogens is 324 g/mol. The van der Waals surface area contributed by atoms with Gasteiger partial charge in [-0.25, -0.2) is 4.83 Å². The Morgan fingerprint density at radius 3 is 2.54 bits per heavy atom. The van der Waals surface area contributed by atoms with Gasteiger partial charge in [0.2, 0.25) is 0 Å². The van der Waals surface area contributed by atoms with Crippen LogP contribution >= 0.6 is 0 Å². The lowest BCUT2D eigenvalue weighted by atomic mass is 10.2. The van der Waals surface area contributed by atoms with Crippen LogP contribution in [0.1, 0.15) is 30.5 Å². The Bertz CT molecular complexity index is 843. The van der Waals surface area contributed by atoms with Gasteiger partial charge in [0.15, 0.2) is 0 Å². The maximum atomic E-state index is 12.4. The van der Waals surface area contributed by atoms with Crippen molar-refractivity contribution in [2.24, 2.45) is 5.10 Å². The molecule has 0 spiro atoms. The number of rotatable bonds is 6. The van der Waals surface area contributed by atoms with Crippen molar-refractivity contribution in [1.29, 1.82) is 0 Å². The van der Waals surface area contributed by atoms with E-state index in [1.165, 1.54) is 6.21 Å². The number of sulfonamides is 1. The van der Waals surface area contributed by atoms with Gasteiger partial charge in [-0.15, -0.1) is 0 Å². The molecule has 2 aromatic carbocycles. The van der Waals surface area contributed by atoms with Crippen molar-refractivity contribution in [3.8, 4) is 5.75 Å². The highest BCUT2D eigenvalue weighted by molar-refractivity contribution is 7.89. The summed E-state index contributed by atoms with van der Waals surface area (Å²) in [7, 11) is -3.71. The Kier molecular flexibility index (Phi) is 5.62. The average molecular weight is 346 g/mol. The molecule has 0 amide bonds. The first-order valence-corrected chi connectivity index (χ1v) is 9.16. The highest BCUT2D eigenvalue weighted by atomic mass is 32.2. The number of hydrazone groups is 1. The molecule has 0 fully saturated rings. The number of aryl methyl sites for hydroxylation is 2. The molecule has 0 aromatic heterocycles. The molecule has 0 unspecified atom stereocenters. The van der Waals surface area contributed by atoms with Crippen LogP contribution in [-0.2, 0) is 10.0 Å². The van der Waals surface area contributed by atoms with Crippen LogP contribution in [0.2, 0.25) is 0 Å². The molecule has 0 aliphatic heterocycles. The second-order valence-electron chi connectivity index (χ2n) is 5.83. The van der Waals surface area contributed by atoms with Gasteiger partial charge in [-0.1, -0.05) is 24.3 Å². The third-order valence-electron chi connectivity index (χ3n) is 3.29. The van der Waals surface area contributed by atoms with Crippen molar-refractivity contribution in [1.82, 2.24) is 4.83 Å². The van der Waals surface area contributed by atoms with E-state index in [0.717, 1.165) is 5.56 Å². The predicted octanol–water partition coefficient (Wildman–Crippen LogP) is 3.40. The highest BCUT2D eigenvalue weighted by Gasteiger charge is 2.15. The average Bonchev–Trinajstić information content (AvgIpc) is 2.50. The summed E-state index contributed by atoms with van der Waals surface area (Å²) >= 11 is 0. The summed E-state index contributed by atoms with van der Waals surface area (Å²) in [5, 5.41) is 3.89. The summed E-state index contributed by atoms with van der Waals surface area (Å²) in [6.45, 7) is 7.46. The summed E-state index contributed by atoms with van der Waals surface area (Å²) in [5.41, 5.74) is 2.25. The summed E-state index contributed by atoms with van der Waals surface area (Å²) in [6, 6.07) is 12.6. The van der Waals surface area contributed by atoms with E-state index in [4.69, 9.17) is 4.74 Å². The monoisotopic (exact) mass is 346 g/mol. The molecule has 128 valence electrons. The molecule has 0 aliphatic carbocycles. The van der Waals surface area contributed by atoms with Gasteiger partial charge in [-0.2, -0.15) is 13.5 Å². The van der Waals surface area contributed by atoms with Crippen molar-refractivity contribution < 1.29 is 13.2 Å². The van der Waals surface area contributed by atoms with E-state index in [1.807, 2.05) is 51.1 Å². The lowest BCUT2D eigenvalue weighted by molar-refractivity contribution is 0.242. The molecule has 0 heterocycles. The highest BCUT2D eigenvalue weighted by Crippen LogP contribution is 2.18. The van der Waals surface area contributed by atoms with Crippen molar-refractivity contribution in [3.63, 3.8) is 0 Å². The molecule has 6 heteroatoms. The van der Waals surface area contributed by atoms with Crippen molar-refractivity contribution in [2.45, 2.75) is 38.7 Å². The number of ether oxygens (including phenoxy) is 1. The molecule has 0 bridgehead atoms. The summed E-state index contributed by atoms with van der Waals surface area (Å²) in [6.07, 6.45) is 1.46. The van der Waals surface area contributed by atoms with E-state index < -0.39 is 10.0 Å². The van der Waals surface area contributed by atoms with Crippen LogP contribution in [0.25, 0.3) is 0 Å². The van der Waals surface area contributed by atoms with Gasteiger partial charge in [-0.05, 0) is 57.0 Å². The Labute approximate surface area is 143 Å². The zero-order chi connectivity index (χ0) is 17.7. The molecule has 5 nitrogen and oxygen atoms in total. The molecule has 24 heavy (non-hydrogen) atoms. The molecule has 2 rings (SSSR count). The number of hydrogen-bond donors (Lipinski definition) is 1. The molecule has 0 saturated heterocycles. The maximum absolute atomic E-state index is 12.4. The first-order valence-electron chi connectivity index (χ1n) is 7.67. The largest absolute Gasteiger partial charge is 0.490 e. The van der Waals surface area contributed by atoms with Crippen LogP contribution < -0.4 is 9.57 Å². The second-order valence-corrected chi connectivity index (χ2v) is 7.46. The summed E-state index contributed by atoms with van der Waals surface area (Å²) < 4.78 is 30.5. The number of nitrogens with one attached hydrogen (secondary N) is 1. The van der Waals surface area contributed by atoms with Crippen LogP contribution in [0.5, 0.6) is 5.75 Å². The molecule has 0 radical (unpaired) electrons. The summed E-state index contributed by atoms with van der Waals surface area (Å²) in [5.74, 6) is 0.655. The standard InChI is InChI=1S/C18H22N2O3S/c1-13(2)23-17-8-6-5-7-16(17)12-19-20-24(21,22)18-11-14(3)9-10-15(18)4/h5-13,20H,1-4H3/b19-12+. The topological polar surface area (TPSA) is 67.8 Å². The van der Waals surface area contributed by atoms with E-state index in [-0.39, 0.29) is 11.0 Å². The molecule has 1 N–H and O–H groups in total. The van der Waals surface area contributed by atoms with Gasteiger partial charge in [0, 0.05) is 5.56 Å². The predicted molar refractivity (Wildman–Crippen MR) is 96.0 cm³/mol. The first-order chi connectivity index (χ1) is 11.3. The third-order valence-corrected chi connectivity index (χ3v) is 4.66. The Morgan fingerprint density at radius 1 is 1.12 bits per heavy atom.